The molecule has 0 aromatic rings. The maximum absolute atomic E-state index is 11.2. The lowest BCUT2D eigenvalue weighted by atomic mass is 10.5. The van der Waals surface area contributed by atoms with Crippen molar-refractivity contribution in [2.75, 3.05) is 24.6 Å². The lowest BCUT2D eigenvalue weighted by Crippen LogP contribution is -2.31. The average molecular weight is 208 g/mol. The zero-order valence-corrected chi connectivity index (χ0v) is 8.56. The second kappa shape index (κ2) is 5.93. The molecule has 6 heteroatoms. The van der Waals surface area contributed by atoms with Crippen LogP contribution in [0.4, 0.5) is 0 Å². The van der Waals surface area contributed by atoms with Gasteiger partial charge in [0.2, 0.25) is 5.91 Å². The molecule has 0 aromatic carbocycles. The van der Waals surface area contributed by atoms with E-state index >= 15 is 0 Å². The van der Waals surface area contributed by atoms with Crippen LogP contribution in [0.3, 0.4) is 0 Å². The topological polar surface area (TPSA) is 89.3 Å². The molecular formula is C7H16N2O3S. The summed E-state index contributed by atoms with van der Waals surface area (Å²) in [6.45, 7) is 2.52. The summed E-state index contributed by atoms with van der Waals surface area (Å²) in [7, 11) is -3.26. The van der Waals surface area contributed by atoms with Gasteiger partial charge in [-0.25, -0.2) is 8.42 Å². The number of carbonyl (C=O) groups excluding carboxylic acids is 1. The monoisotopic (exact) mass is 208 g/mol. The second-order valence-electron chi connectivity index (χ2n) is 2.69. The smallest absolute Gasteiger partial charge is 0.235 e. The number of amides is 1. The third-order valence-electron chi connectivity index (χ3n) is 1.38. The quantitative estimate of drug-likeness (QED) is 0.579. The number of carbonyl (C=O) groups is 1. The number of hydrogen-bond donors (Lipinski definition) is 2. The standard InChI is InChI=1S/C7H16N2O3S/c1-2-9-7(10)6-13(11,12)5-3-4-8/h2-6,8H2,1H3,(H,9,10). The van der Waals surface area contributed by atoms with E-state index in [0.717, 1.165) is 0 Å². The van der Waals surface area contributed by atoms with Crippen LogP contribution in [-0.2, 0) is 14.6 Å². The molecule has 0 aliphatic heterocycles. The highest BCUT2D eigenvalue weighted by molar-refractivity contribution is 7.92. The van der Waals surface area contributed by atoms with Crippen LogP contribution in [0.15, 0.2) is 0 Å². The predicted octanol–water partition coefficient (Wildman–Crippen LogP) is -1.11. The van der Waals surface area contributed by atoms with E-state index in [2.05, 4.69) is 5.32 Å². The SMILES string of the molecule is CCNC(=O)CS(=O)(=O)CCCN. The summed E-state index contributed by atoms with van der Waals surface area (Å²) in [6.07, 6.45) is 0.405. The van der Waals surface area contributed by atoms with Gasteiger partial charge >= 0.3 is 0 Å². The Hall–Kier alpha value is -0.620. The first-order valence-corrected chi connectivity index (χ1v) is 6.01. The van der Waals surface area contributed by atoms with E-state index < -0.39 is 21.5 Å². The van der Waals surface area contributed by atoms with Crippen LogP contribution in [0.25, 0.3) is 0 Å². The fourth-order valence-electron chi connectivity index (χ4n) is 0.823. The van der Waals surface area contributed by atoms with Crippen molar-refractivity contribution in [1.82, 2.24) is 5.32 Å². The van der Waals surface area contributed by atoms with Gasteiger partial charge < -0.3 is 11.1 Å². The van der Waals surface area contributed by atoms with Gasteiger partial charge in [0.05, 0.1) is 5.75 Å². The van der Waals surface area contributed by atoms with Crippen LogP contribution < -0.4 is 11.1 Å². The Morgan fingerprint density at radius 3 is 2.54 bits per heavy atom. The van der Waals surface area contributed by atoms with Crippen molar-refractivity contribution in [3.05, 3.63) is 0 Å². The highest BCUT2D eigenvalue weighted by Gasteiger charge is 2.14. The first-order chi connectivity index (χ1) is 6.02. The molecule has 1 amide bonds. The van der Waals surface area contributed by atoms with Crippen molar-refractivity contribution in [3.8, 4) is 0 Å². The molecule has 0 saturated heterocycles. The summed E-state index contributed by atoms with van der Waals surface area (Å²) in [4.78, 5) is 10.9. The predicted molar refractivity (Wildman–Crippen MR) is 51.0 cm³/mol. The van der Waals surface area contributed by atoms with E-state index in [-0.39, 0.29) is 5.75 Å². The maximum atomic E-state index is 11.2. The third kappa shape index (κ3) is 6.53. The van der Waals surface area contributed by atoms with Crippen LogP contribution in [0.5, 0.6) is 0 Å². The first-order valence-electron chi connectivity index (χ1n) is 4.19. The van der Waals surface area contributed by atoms with Gasteiger partial charge in [-0.15, -0.1) is 0 Å². The molecular weight excluding hydrogens is 192 g/mol. The van der Waals surface area contributed by atoms with Crippen LogP contribution in [0.1, 0.15) is 13.3 Å². The van der Waals surface area contributed by atoms with Gasteiger partial charge in [0.1, 0.15) is 5.75 Å². The number of nitrogens with two attached hydrogens (primary N) is 1. The molecule has 0 unspecified atom stereocenters. The Morgan fingerprint density at radius 2 is 2.08 bits per heavy atom. The van der Waals surface area contributed by atoms with E-state index in [1.807, 2.05) is 0 Å². The summed E-state index contributed by atoms with van der Waals surface area (Å²) in [5.74, 6) is -0.888. The zero-order valence-electron chi connectivity index (χ0n) is 7.75. The molecule has 78 valence electrons. The molecule has 0 fully saturated rings. The molecule has 0 rings (SSSR count). The molecule has 0 spiro atoms. The fraction of sp³-hybridized carbons (Fsp3) is 0.857. The van der Waals surface area contributed by atoms with Crippen molar-refractivity contribution in [2.24, 2.45) is 5.73 Å². The summed E-state index contributed by atoms with van der Waals surface area (Å²) < 4.78 is 22.3. The number of rotatable bonds is 6. The Balaban J connectivity index is 3.95. The maximum Gasteiger partial charge on any atom is 0.235 e. The van der Waals surface area contributed by atoms with Gasteiger partial charge in [0.25, 0.3) is 0 Å². The molecule has 0 aromatic heterocycles. The Bertz CT molecular complexity index is 248. The summed E-state index contributed by atoms with van der Waals surface area (Å²) in [5, 5.41) is 2.43. The summed E-state index contributed by atoms with van der Waals surface area (Å²) in [5.41, 5.74) is 5.16. The van der Waals surface area contributed by atoms with Gasteiger partial charge in [-0.05, 0) is 19.9 Å². The molecule has 0 saturated carbocycles. The molecule has 0 radical (unpaired) electrons. The second-order valence-corrected chi connectivity index (χ2v) is 4.87. The van der Waals surface area contributed by atoms with Gasteiger partial charge in [0.15, 0.2) is 9.84 Å². The van der Waals surface area contributed by atoms with Crippen LogP contribution in [-0.4, -0.2) is 38.9 Å². The van der Waals surface area contributed by atoms with Crippen LogP contribution >= 0.6 is 0 Å². The molecule has 0 aliphatic carbocycles. The average Bonchev–Trinajstić information content (AvgIpc) is 2.00. The summed E-state index contributed by atoms with van der Waals surface area (Å²) in [6, 6.07) is 0. The molecule has 13 heavy (non-hydrogen) atoms. The lowest BCUT2D eigenvalue weighted by Gasteiger charge is -2.03. The minimum absolute atomic E-state index is 0.0133. The molecule has 3 N–H and O–H groups in total. The highest BCUT2D eigenvalue weighted by Crippen LogP contribution is 1.92. The number of hydrogen-bond acceptors (Lipinski definition) is 4. The molecule has 0 atom stereocenters. The summed E-state index contributed by atoms with van der Waals surface area (Å²) >= 11 is 0. The normalized spacial score (nSPS) is 11.2. The molecule has 0 aliphatic rings. The Morgan fingerprint density at radius 1 is 1.46 bits per heavy atom. The van der Waals surface area contributed by atoms with Gasteiger partial charge in [0, 0.05) is 6.54 Å². The lowest BCUT2D eigenvalue weighted by molar-refractivity contribution is -0.118. The van der Waals surface area contributed by atoms with Gasteiger partial charge in [-0.2, -0.15) is 0 Å². The fourth-order valence-corrected chi connectivity index (χ4v) is 2.08. The van der Waals surface area contributed by atoms with E-state index in [4.69, 9.17) is 5.73 Å². The molecule has 5 nitrogen and oxygen atoms in total. The molecule has 0 bridgehead atoms. The Labute approximate surface area is 78.6 Å². The van der Waals surface area contributed by atoms with Crippen molar-refractivity contribution in [3.63, 3.8) is 0 Å². The Kier molecular flexibility index (Phi) is 5.65. The van der Waals surface area contributed by atoms with E-state index in [1.54, 1.807) is 6.92 Å². The number of sulfone groups is 1. The molecule has 0 heterocycles. The van der Waals surface area contributed by atoms with Crippen molar-refractivity contribution in [1.29, 1.82) is 0 Å². The van der Waals surface area contributed by atoms with Crippen molar-refractivity contribution >= 4 is 15.7 Å². The van der Waals surface area contributed by atoms with E-state index in [1.165, 1.54) is 0 Å². The number of nitrogens with one attached hydrogen (secondary N) is 1. The first kappa shape index (κ1) is 12.4. The third-order valence-corrected chi connectivity index (χ3v) is 3.00. The van der Waals surface area contributed by atoms with Gasteiger partial charge in [-0.3, -0.25) is 4.79 Å². The zero-order chi connectivity index (χ0) is 10.3. The minimum Gasteiger partial charge on any atom is -0.356 e. The van der Waals surface area contributed by atoms with E-state index in [0.29, 0.717) is 19.5 Å². The van der Waals surface area contributed by atoms with Gasteiger partial charge in [-0.1, -0.05) is 0 Å². The van der Waals surface area contributed by atoms with Crippen molar-refractivity contribution in [2.45, 2.75) is 13.3 Å². The van der Waals surface area contributed by atoms with Crippen LogP contribution in [0, 0.1) is 0 Å². The largest absolute Gasteiger partial charge is 0.356 e. The van der Waals surface area contributed by atoms with Crippen molar-refractivity contribution < 1.29 is 13.2 Å². The highest BCUT2D eigenvalue weighted by atomic mass is 32.2. The van der Waals surface area contributed by atoms with E-state index in [9.17, 15) is 13.2 Å². The van der Waals surface area contributed by atoms with Crippen LogP contribution in [0.2, 0.25) is 0 Å². The minimum atomic E-state index is -3.26.